The summed E-state index contributed by atoms with van der Waals surface area (Å²) in [5.74, 6) is 0.590. The molecule has 0 unspecified atom stereocenters. The fourth-order valence-corrected chi connectivity index (χ4v) is 3.71. The molecular formula is C15H22N2O2S. The summed E-state index contributed by atoms with van der Waals surface area (Å²) < 4.78 is 24.6. The summed E-state index contributed by atoms with van der Waals surface area (Å²) in [7, 11) is -3.57. The number of hydrazone groups is 1. The van der Waals surface area contributed by atoms with Gasteiger partial charge in [0.2, 0.25) is 0 Å². The topological polar surface area (TPSA) is 58.5 Å². The number of aryl methyl sites for hydroxylation is 2. The van der Waals surface area contributed by atoms with Crippen molar-refractivity contribution in [2.75, 3.05) is 0 Å². The molecule has 0 heterocycles. The lowest BCUT2D eigenvalue weighted by molar-refractivity contribution is 0.498. The van der Waals surface area contributed by atoms with E-state index < -0.39 is 10.0 Å². The molecule has 1 aromatic carbocycles. The summed E-state index contributed by atoms with van der Waals surface area (Å²) in [6, 6.07) is 5.41. The first-order chi connectivity index (χ1) is 9.38. The third kappa shape index (κ3) is 3.60. The minimum atomic E-state index is -3.57. The van der Waals surface area contributed by atoms with Crippen LogP contribution in [0.25, 0.3) is 0 Å². The number of nitrogens with zero attached hydrogens (tertiary/aromatic N) is 1. The quantitative estimate of drug-likeness (QED) is 0.871. The summed E-state index contributed by atoms with van der Waals surface area (Å²) >= 11 is 0. The molecule has 1 fully saturated rings. The van der Waals surface area contributed by atoms with E-state index in [1.165, 1.54) is 6.42 Å². The van der Waals surface area contributed by atoms with E-state index >= 15 is 0 Å². The number of sulfonamides is 1. The van der Waals surface area contributed by atoms with E-state index in [2.05, 4.69) is 16.9 Å². The summed E-state index contributed by atoms with van der Waals surface area (Å²) in [6.45, 7) is 5.85. The van der Waals surface area contributed by atoms with Crippen LogP contribution in [0.15, 0.2) is 28.2 Å². The molecule has 110 valence electrons. The van der Waals surface area contributed by atoms with Gasteiger partial charge in [-0.05, 0) is 62.6 Å². The first-order valence-corrected chi connectivity index (χ1v) is 8.51. The van der Waals surface area contributed by atoms with Crippen molar-refractivity contribution in [1.29, 1.82) is 0 Å². The SMILES string of the molecule is Cc1ccc(C)c(S(=O)(=O)N/N=C2/CCC[C@H](C)C2)c1. The van der Waals surface area contributed by atoms with Crippen LogP contribution in [-0.4, -0.2) is 14.1 Å². The van der Waals surface area contributed by atoms with Gasteiger partial charge in [-0.25, -0.2) is 4.83 Å². The lowest BCUT2D eigenvalue weighted by Crippen LogP contribution is -2.23. The Kier molecular flexibility index (Phi) is 4.48. The van der Waals surface area contributed by atoms with Gasteiger partial charge in [-0.2, -0.15) is 13.5 Å². The van der Waals surface area contributed by atoms with Crippen LogP contribution in [-0.2, 0) is 10.0 Å². The monoisotopic (exact) mass is 294 g/mol. The molecular weight excluding hydrogens is 272 g/mol. The normalized spacial score (nSPS) is 21.9. The highest BCUT2D eigenvalue weighted by molar-refractivity contribution is 7.89. The van der Waals surface area contributed by atoms with Gasteiger partial charge in [0.05, 0.1) is 4.90 Å². The van der Waals surface area contributed by atoms with Crippen molar-refractivity contribution in [3.63, 3.8) is 0 Å². The second-order valence-corrected chi connectivity index (χ2v) is 7.37. The standard InChI is InChI=1S/C15H22N2O2S/c1-11-5-4-6-14(9-11)16-17-20(18,19)15-10-12(2)7-8-13(15)3/h7-8,10-11,17H,4-6,9H2,1-3H3/b16-14-/t11-/m0/s1. The number of hydrogen-bond donors (Lipinski definition) is 1. The Labute approximate surface area is 121 Å². The molecule has 1 saturated carbocycles. The molecule has 0 bridgehead atoms. The molecule has 1 atom stereocenters. The molecule has 4 nitrogen and oxygen atoms in total. The number of benzene rings is 1. The van der Waals surface area contributed by atoms with Crippen LogP contribution in [0.1, 0.15) is 43.7 Å². The summed E-state index contributed by atoms with van der Waals surface area (Å²) in [5.41, 5.74) is 2.62. The maximum absolute atomic E-state index is 12.3. The zero-order chi connectivity index (χ0) is 14.8. The van der Waals surface area contributed by atoms with E-state index in [1.54, 1.807) is 13.0 Å². The maximum Gasteiger partial charge on any atom is 0.276 e. The number of hydrogen-bond acceptors (Lipinski definition) is 3. The molecule has 0 spiro atoms. The van der Waals surface area contributed by atoms with Gasteiger partial charge >= 0.3 is 0 Å². The Balaban J connectivity index is 2.19. The predicted octanol–water partition coefficient (Wildman–Crippen LogP) is 3.15. The van der Waals surface area contributed by atoms with E-state index in [0.717, 1.165) is 36.1 Å². The van der Waals surface area contributed by atoms with Gasteiger partial charge in [-0.15, -0.1) is 0 Å². The van der Waals surface area contributed by atoms with Crippen LogP contribution >= 0.6 is 0 Å². The summed E-state index contributed by atoms with van der Waals surface area (Å²) in [4.78, 5) is 2.70. The van der Waals surface area contributed by atoms with Crippen molar-refractivity contribution in [2.24, 2.45) is 11.0 Å². The van der Waals surface area contributed by atoms with Gasteiger partial charge in [-0.1, -0.05) is 19.1 Å². The van der Waals surface area contributed by atoms with Gasteiger partial charge in [0.1, 0.15) is 0 Å². The molecule has 0 saturated heterocycles. The Morgan fingerprint density at radius 1 is 1.30 bits per heavy atom. The molecule has 20 heavy (non-hydrogen) atoms. The largest absolute Gasteiger partial charge is 0.276 e. The van der Waals surface area contributed by atoms with Gasteiger partial charge < -0.3 is 0 Å². The second kappa shape index (κ2) is 5.95. The third-order valence-corrected chi connectivity index (χ3v) is 5.05. The first kappa shape index (κ1) is 15.0. The molecule has 1 aromatic rings. The summed E-state index contributed by atoms with van der Waals surface area (Å²) in [6.07, 6.45) is 4.06. The molecule has 0 aromatic heterocycles. The minimum absolute atomic E-state index is 0.311. The fraction of sp³-hybridized carbons (Fsp3) is 0.533. The zero-order valence-corrected chi connectivity index (χ0v) is 13.1. The molecule has 0 aliphatic heterocycles. The van der Waals surface area contributed by atoms with Gasteiger partial charge in [0.25, 0.3) is 10.0 Å². The Bertz CT molecular complexity index is 621. The smallest absolute Gasteiger partial charge is 0.200 e. The average Bonchev–Trinajstić information content (AvgIpc) is 2.39. The highest BCUT2D eigenvalue weighted by Crippen LogP contribution is 2.21. The van der Waals surface area contributed by atoms with Gasteiger partial charge in [-0.3, -0.25) is 0 Å². The van der Waals surface area contributed by atoms with E-state index in [-0.39, 0.29) is 0 Å². The second-order valence-electron chi connectivity index (χ2n) is 5.74. The Morgan fingerprint density at radius 2 is 2.05 bits per heavy atom. The maximum atomic E-state index is 12.3. The van der Waals surface area contributed by atoms with Crippen LogP contribution in [0.5, 0.6) is 0 Å². The highest BCUT2D eigenvalue weighted by Gasteiger charge is 2.18. The van der Waals surface area contributed by atoms with Crippen LogP contribution < -0.4 is 4.83 Å². The summed E-state index contributed by atoms with van der Waals surface area (Å²) in [5, 5.41) is 4.13. The molecule has 2 rings (SSSR count). The van der Waals surface area contributed by atoms with Crippen molar-refractivity contribution in [3.05, 3.63) is 29.3 Å². The van der Waals surface area contributed by atoms with E-state index in [0.29, 0.717) is 10.8 Å². The van der Waals surface area contributed by atoms with E-state index in [9.17, 15) is 8.42 Å². The molecule has 0 amide bonds. The molecule has 1 aliphatic carbocycles. The van der Waals surface area contributed by atoms with Crippen LogP contribution in [0.3, 0.4) is 0 Å². The van der Waals surface area contributed by atoms with E-state index in [1.807, 2.05) is 19.1 Å². The van der Waals surface area contributed by atoms with Gasteiger partial charge in [0, 0.05) is 5.71 Å². The zero-order valence-electron chi connectivity index (χ0n) is 12.3. The number of rotatable bonds is 3. The van der Waals surface area contributed by atoms with Crippen LogP contribution in [0.4, 0.5) is 0 Å². The minimum Gasteiger partial charge on any atom is -0.200 e. The van der Waals surface area contributed by atoms with Crippen LogP contribution in [0, 0.1) is 19.8 Å². The average molecular weight is 294 g/mol. The number of nitrogens with one attached hydrogen (secondary N) is 1. The lowest BCUT2D eigenvalue weighted by Gasteiger charge is -2.19. The van der Waals surface area contributed by atoms with Crippen molar-refractivity contribution >= 4 is 15.7 Å². The first-order valence-electron chi connectivity index (χ1n) is 7.03. The van der Waals surface area contributed by atoms with Gasteiger partial charge in [0.15, 0.2) is 0 Å². The molecule has 1 N–H and O–H groups in total. The Hall–Kier alpha value is -1.36. The lowest BCUT2D eigenvalue weighted by atomic mass is 9.89. The van der Waals surface area contributed by atoms with Crippen molar-refractivity contribution in [3.8, 4) is 0 Å². The fourth-order valence-electron chi connectivity index (χ4n) is 2.53. The third-order valence-electron chi connectivity index (χ3n) is 3.70. The van der Waals surface area contributed by atoms with Crippen molar-refractivity contribution in [2.45, 2.75) is 51.3 Å². The highest BCUT2D eigenvalue weighted by atomic mass is 32.2. The predicted molar refractivity (Wildman–Crippen MR) is 81.3 cm³/mol. The van der Waals surface area contributed by atoms with Crippen molar-refractivity contribution in [1.82, 2.24) is 4.83 Å². The van der Waals surface area contributed by atoms with Crippen LogP contribution in [0.2, 0.25) is 0 Å². The molecule has 5 heteroatoms. The van der Waals surface area contributed by atoms with E-state index in [4.69, 9.17) is 0 Å². The molecule has 1 aliphatic rings. The Morgan fingerprint density at radius 3 is 2.75 bits per heavy atom. The molecule has 0 radical (unpaired) electrons. The van der Waals surface area contributed by atoms with Crippen molar-refractivity contribution < 1.29 is 8.42 Å².